The summed E-state index contributed by atoms with van der Waals surface area (Å²) in [6, 6.07) is 19.7. The van der Waals surface area contributed by atoms with Gasteiger partial charge in [0.05, 0.1) is 18.3 Å². The summed E-state index contributed by atoms with van der Waals surface area (Å²) in [6.45, 7) is 0.443. The van der Waals surface area contributed by atoms with Crippen molar-refractivity contribution in [1.82, 2.24) is 15.0 Å². The molecule has 0 bridgehead atoms. The quantitative estimate of drug-likeness (QED) is 0.411. The van der Waals surface area contributed by atoms with Gasteiger partial charge in [0.25, 0.3) is 0 Å². The van der Waals surface area contributed by atoms with Crippen LogP contribution in [-0.2, 0) is 6.61 Å². The zero-order chi connectivity index (χ0) is 21.2. The molecule has 0 aliphatic rings. The van der Waals surface area contributed by atoms with Crippen molar-refractivity contribution in [2.75, 3.05) is 12.8 Å². The first kappa shape index (κ1) is 18.8. The summed E-state index contributed by atoms with van der Waals surface area (Å²) in [5, 5.41) is 2.66. The van der Waals surface area contributed by atoms with Crippen LogP contribution in [0.5, 0.6) is 11.5 Å². The van der Waals surface area contributed by atoms with Gasteiger partial charge in [-0.2, -0.15) is 0 Å². The number of ether oxygens (including phenoxy) is 2. The van der Waals surface area contributed by atoms with E-state index in [4.69, 9.17) is 15.2 Å². The van der Waals surface area contributed by atoms with E-state index < -0.39 is 0 Å². The summed E-state index contributed by atoms with van der Waals surface area (Å²) in [4.78, 5) is 13.3. The number of nitrogens with two attached hydrogens (primary N) is 1. The molecular formula is C25H20N4O2. The van der Waals surface area contributed by atoms with Gasteiger partial charge in [-0.1, -0.05) is 30.3 Å². The molecule has 6 heteroatoms. The van der Waals surface area contributed by atoms with Crippen LogP contribution >= 0.6 is 0 Å². The highest BCUT2D eigenvalue weighted by atomic mass is 16.5. The first-order chi connectivity index (χ1) is 15.2. The molecule has 0 fully saturated rings. The molecule has 0 atom stereocenters. The fraction of sp³-hybridized carbons (Fsp3) is 0.0800. The van der Waals surface area contributed by atoms with E-state index in [1.54, 1.807) is 25.7 Å². The molecule has 5 rings (SSSR count). The second-order valence-corrected chi connectivity index (χ2v) is 7.15. The Labute approximate surface area is 179 Å². The fourth-order valence-corrected chi connectivity index (χ4v) is 3.61. The Morgan fingerprint density at radius 3 is 2.52 bits per heavy atom. The van der Waals surface area contributed by atoms with Crippen LogP contribution in [0.1, 0.15) is 5.56 Å². The minimum absolute atomic E-state index is 0.425. The normalized spacial score (nSPS) is 11.0. The van der Waals surface area contributed by atoms with Crippen molar-refractivity contribution in [1.29, 1.82) is 0 Å². The molecule has 3 heterocycles. The van der Waals surface area contributed by atoms with Crippen LogP contribution in [0, 0.1) is 0 Å². The van der Waals surface area contributed by atoms with Crippen LogP contribution in [-0.4, -0.2) is 22.1 Å². The Balaban J connectivity index is 1.63. The first-order valence-electron chi connectivity index (χ1n) is 9.87. The maximum Gasteiger partial charge on any atom is 0.163 e. The van der Waals surface area contributed by atoms with E-state index in [1.165, 1.54) is 0 Å². The van der Waals surface area contributed by atoms with Crippen molar-refractivity contribution in [2.45, 2.75) is 6.61 Å². The van der Waals surface area contributed by atoms with Crippen LogP contribution in [0.3, 0.4) is 0 Å². The highest BCUT2D eigenvalue weighted by molar-refractivity contribution is 6.10. The van der Waals surface area contributed by atoms with Gasteiger partial charge in [0.15, 0.2) is 11.5 Å². The van der Waals surface area contributed by atoms with Gasteiger partial charge < -0.3 is 15.2 Å². The molecule has 0 saturated heterocycles. The highest BCUT2D eigenvalue weighted by Gasteiger charge is 2.14. The molecule has 152 valence electrons. The fourth-order valence-electron chi connectivity index (χ4n) is 3.61. The Morgan fingerprint density at radius 1 is 0.871 bits per heavy atom. The number of hydrogen-bond donors (Lipinski definition) is 1. The van der Waals surface area contributed by atoms with Crippen molar-refractivity contribution in [3.8, 4) is 22.8 Å². The molecular weight excluding hydrogens is 388 g/mol. The number of aromatic nitrogens is 3. The molecule has 5 aromatic rings. The van der Waals surface area contributed by atoms with Crippen LogP contribution in [0.4, 0.5) is 5.82 Å². The SMILES string of the molecule is COc1cc2c(cc1OCc1ccccc1)ncc1c(N)nc(-c3cccnc3)cc12. The van der Waals surface area contributed by atoms with E-state index in [1.807, 2.05) is 60.7 Å². The minimum Gasteiger partial charge on any atom is -0.493 e. The standard InChI is InChI=1S/C25H20N4O2/c1-30-23-11-19-18-10-21(17-8-5-9-27-13-17)29-25(26)20(18)14-28-22(19)12-24(23)31-15-16-6-3-2-4-7-16/h2-14H,15H2,1H3,(H2,26,29). The number of methoxy groups -OCH3 is 1. The van der Waals surface area contributed by atoms with Crippen LogP contribution < -0.4 is 15.2 Å². The van der Waals surface area contributed by atoms with Crippen LogP contribution in [0.2, 0.25) is 0 Å². The van der Waals surface area contributed by atoms with Crippen molar-refractivity contribution < 1.29 is 9.47 Å². The Bertz CT molecular complexity index is 1370. The summed E-state index contributed by atoms with van der Waals surface area (Å²) in [5.41, 5.74) is 9.80. The molecule has 6 nitrogen and oxygen atoms in total. The molecule has 2 N–H and O–H groups in total. The Hall–Kier alpha value is -4.19. The van der Waals surface area contributed by atoms with Crippen molar-refractivity contribution >= 4 is 27.5 Å². The van der Waals surface area contributed by atoms with E-state index in [-0.39, 0.29) is 0 Å². The number of rotatable bonds is 5. The lowest BCUT2D eigenvalue weighted by Crippen LogP contribution is -1.99. The first-order valence-corrected chi connectivity index (χ1v) is 9.87. The summed E-state index contributed by atoms with van der Waals surface area (Å²) in [6.07, 6.45) is 5.25. The van der Waals surface area contributed by atoms with E-state index >= 15 is 0 Å². The highest BCUT2D eigenvalue weighted by Crippen LogP contribution is 2.37. The third kappa shape index (κ3) is 3.59. The zero-order valence-corrected chi connectivity index (χ0v) is 16.9. The average Bonchev–Trinajstić information content (AvgIpc) is 2.83. The van der Waals surface area contributed by atoms with Crippen molar-refractivity contribution in [3.05, 3.63) is 84.8 Å². The largest absolute Gasteiger partial charge is 0.493 e. The van der Waals surface area contributed by atoms with Gasteiger partial charge in [0.2, 0.25) is 0 Å². The average molecular weight is 408 g/mol. The lowest BCUT2D eigenvalue weighted by molar-refractivity contribution is 0.285. The van der Waals surface area contributed by atoms with Crippen LogP contribution in [0.15, 0.2) is 79.3 Å². The summed E-state index contributed by atoms with van der Waals surface area (Å²) < 4.78 is 11.7. The van der Waals surface area contributed by atoms with Crippen LogP contribution in [0.25, 0.3) is 32.9 Å². The monoisotopic (exact) mass is 408 g/mol. The molecule has 2 aromatic carbocycles. The third-order valence-corrected chi connectivity index (χ3v) is 5.19. The molecule has 0 radical (unpaired) electrons. The Kier molecular flexibility index (Phi) is 4.80. The number of fused-ring (bicyclic) bond motifs is 3. The lowest BCUT2D eigenvalue weighted by atomic mass is 10.0. The summed E-state index contributed by atoms with van der Waals surface area (Å²) >= 11 is 0. The number of hydrogen-bond acceptors (Lipinski definition) is 6. The number of nitrogens with zero attached hydrogens (tertiary/aromatic N) is 3. The predicted octanol–water partition coefficient (Wildman–Crippen LogP) is 5.01. The second kappa shape index (κ2) is 7.91. The molecule has 0 aliphatic heterocycles. The number of nitrogen functional groups attached to an aromatic ring is 1. The smallest absolute Gasteiger partial charge is 0.163 e. The second-order valence-electron chi connectivity index (χ2n) is 7.15. The molecule has 0 unspecified atom stereocenters. The van der Waals surface area contributed by atoms with E-state index in [0.717, 1.165) is 38.5 Å². The van der Waals surface area contributed by atoms with Gasteiger partial charge in [0, 0.05) is 41.0 Å². The molecule has 0 saturated carbocycles. The van der Waals surface area contributed by atoms with Gasteiger partial charge in [-0.15, -0.1) is 0 Å². The molecule has 31 heavy (non-hydrogen) atoms. The van der Waals surface area contributed by atoms with E-state index in [0.29, 0.717) is 23.9 Å². The van der Waals surface area contributed by atoms with Crippen molar-refractivity contribution in [2.24, 2.45) is 0 Å². The van der Waals surface area contributed by atoms with Gasteiger partial charge in [0.1, 0.15) is 12.4 Å². The van der Waals surface area contributed by atoms with Gasteiger partial charge >= 0.3 is 0 Å². The zero-order valence-electron chi connectivity index (χ0n) is 16.9. The van der Waals surface area contributed by atoms with E-state index in [2.05, 4.69) is 15.0 Å². The maximum atomic E-state index is 6.27. The summed E-state index contributed by atoms with van der Waals surface area (Å²) in [7, 11) is 1.63. The number of pyridine rings is 3. The maximum absolute atomic E-state index is 6.27. The number of benzene rings is 2. The van der Waals surface area contributed by atoms with Gasteiger partial charge in [-0.3, -0.25) is 9.97 Å². The molecule has 3 aromatic heterocycles. The van der Waals surface area contributed by atoms with Crippen molar-refractivity contribution in [3.63, 3.8) is 0 Å². The number of anilines is 1. The predicted molar refractivity (Wildman–Crippen MR) is 122 cm³/mol. The topological polar surface area (TPSA) is 83.2 Å². The Morgan fingerprint density at radius 2 is 1.74 bits per heavy atom. The van der Waals surface area contributed by atoms with E-state index in [9.17, 15) is 0 Å². The molecule has 0 aliphatic carbocycles. The lowest BCUT2D eigenvalue weighted by Gasteiger charge is -2.14. The third-order valence-electron chi connectivity index (χ3n) is 5.19. The molecule has 0 amide bonds. The minimum atomic E-state index is 0.425. The summed E-state index contributed by atoms with van der Waals surface area (Å²) in [5.74, 6) is 1.70. The van der Waals surface area contributed by atoms with Gasteiger partial charge in [-0.05, 0) is 35.2 Å². The van der Waals surface area contributed by atoms with Gasteiger partial charge in [-0.25, -0.2) is 4.98 Å². The molecule has 0 spiro atoms.